The maximum absolute atomic E-state index is 2.45. The van der Waals surface area contributed by atoms with Gasteiger partial charge in [0.25, 0.3) is 0 Å². The van der Waals surface area contributed by atoms with Crippen LogP contribution in [-0.4, -0.2) is 11.3 Å². The lowest BCUT2D eigenvalue weighted by Gasteiger charge is -2.43. The van der Waals surface area contributed by atoms with Gasteiger partial charge in [-0.3, -0.25) is 0 Å². The summed E-state index contributed by atoms with van der Waals surface area (Å²) in [5.74, 6) is 0. The van der Waals surface area contributed by atoms with Gasteiger partial charge < -0.3 is 0 Å². The number of hydrogen-bond acceptors (Lipinski definition) is 0. The second-order valence-corrected chi connectivity index (χ2v) is 10.7. The van der Waals surface area contributed by atoms with Crippen LogP contribution in [0.3, 0.4) is 0 Å². The minimum Gasteiger partial charge on any atom is -0.0685 e. The Morgan fingerprint density at radius 3 is 1.42 bits per heavy atom. The van der Waals surface area contributed by atoms with Gasteiger partial charge in [-0.25, -0.2) is 0 Å². The zero-order valence-corrected chi connectivity index (χ0v) is 14.9. The van der Waals surface area contributed by atoms with Crippen molar-refractivity contribution < 1.29 is 0 Å². The summed E-state index contributed by atoms with van der Waals surface area (Å²) >= 11 is 0. The van der Waals surface area contributed by atoms with E-state index in [1.807, 2.05) is 0 Å². The molecule has 2 atom stereocenters. The maximum Gasteiger partial charge on any atom is -0.0146 e. The molecule has 19 heavy (non-hydrogen) atoms. The van der Waals surface area contributed by atoms with Crippen LogP contribution in [0.2, 0.25) is 0 Å². The van der Waals surface area contributed by atoms with Gasteiger partial charge in [0.2, 0.25) is 0 Å². The van der Waals surface area contributed by atoms with Crippen LogP contribution in [-0.2, 0) is 0 Å². The smallest absolute Gasteiger partial charge is 0.0146 e. The number of rotatable bonds is 3. The van der Waals surface area contributed by atoms with Crippen molar-refractivity contribution in [3.05, 3.63) is 30.3 Å². The molecular weight excluding hydrogens is 247 g/mol. The highest BCUT2D eigenvalue weighted by molar-refractivity contribution is 7.67. The van der Waals surface area contributed by atoms with Crippen LogP contribution in [0.1, 0.15) is 55.4 Å². The van der Waals surface area contributed by atoms with Crippen molar-refractivity contribution in [3.63, 3.8) is 0 Å². The molecule has 0 radical (unpaired) electrons. The van der Waals surface area contributed by atoms with Gasteiger partial charge in [0.05, 0.1) is 0 Å². The van der Waals surface area contributed by atoms with Crippen molar-refractivity contribution >= 4 is 13.2 Å². The third-order valence-electron chi connectivity index (χ3n) is 4.40. The van der Waals surface area contributed by atoms with Crippen LogP contribution < -0.4 is 5.30 Å². The summed E-state index contributed by atoms with van der Waals surface area (Å²) in [7, 11) is -0.154. The standard InChI is InChI=1S/C18H31P/c1-14(17(3,4)5)19(15(2)18(6,7)8)16-12-10-9-11-13-16/h9-15H,1-8H3. The largest absolute Gasteiger partial charge is 0.0685 e. The summed E-state index contributed by atoms with van der Waals surface area (Å²) in [4.78, 5) is 0. The molecule has 1 rings (SSSR count). The van der Waals surface area contributed by atoms with E-state index in [1.165, 1.54) is 0 Å². The first-order valence-corrected chi connectivity index (χ1v) is 8.86. The Morgan fingerprint density at radius 1 is 0.737 bits per heavy atom. The first kappa shape index (κ1) is 16.7. The second kappa shape index (κ2) is 5.96. The van der Waals surface area contributed by atoms with E-state index in [9.17, 15) is 0 Å². The zero-order chi connectivity index (χ0) is 14.8. The summed E-state index contributed by atoms with van der Waals surface area (Å²) in [5, 5.41) is 1.56. The van der Waals surface area contributed by atoms with Crippen molar-refractivity contribution in [1.82, 2.24) is 0 Å². The van der Waals surface area contributed by atoms with Gasteiger partial charge >= 0.3 is 0 Å². The minimum atomic E-state index is -0.154. The third kappa shape index (κ3) is 4.32. The Kier molecular flexibility index (Phi) is 5.24. The zero-order valence-electron chi connectivity index (χ0n) is 14.0. The first-order chi connectivity index (χ1) is 8.55. The molecule has 0 saturated heterocycles. The van der Waals surface area contributed by atoms with Crippen molar-refractivity contribution in [2.45, 2.75) is 66.7 Å². The molecule has 0 bridgehead atoms. The fraction of sp³-hybridized carbons (Fsp3) is 0.667. The predicted molar refractivity (Wildman–Crippen MR) is 90.8 cm³/mol. The topological polar surface area (TPSA) is 0 Å². The molecule has 0 fully saturated rings. The Hall–Kier alpha value is -0.350. The van der Waals surface area contributed by atoms with E-state index in [4.69, 9.17) is 0 Å². The fourth-order valence-electron chi connectivity index (χ4n) is 2.22. The number of hydrogen-bond donors (Lipinski definition) is 0. The van der Waals surface area contributed by atoms with Gasteiger partial charge in [0.15, 0.2) is 0 Å². The van der Waals surface area contributed by atoms with Crippen molar-refractivity contribution in [3.8, 4) is 0 Å². The molecule has 108 valence electrons. The Balaban J connectivity index is 3.20. The Labute approximate surface area is 121 Å². The van der Waals surface area contributed by atoms with E-state index < -0.39 is 0 Å². The molecule has 0 aliphatic carbocycles. The Morgan fingerprint density at radius 2 is 1.11 bits per heavy atom. The monoisotopic (exact) mass is 278 g/mol. The molecule has 0 heterocycles. The van der Waals surface area contributed by atoms with Gasteiger partial charge in [-0.05, 0) is 27.5 Å². The lowest BCUT2D eigenvalue weighted by molar-refractivity contribution is 0.381. The van der Waals surface area contributed by atoms with Crippen molar-refractivity contribution in [1.29, 1.82) is 0 Å². The van der Waals surface area contributed by atoms with E-state index in [0.29, 0.717) is 10.8 Å². The molecule has 0 aliphatic heterocycles. The molecule has 2 unspecified atom stereocenters. The summed E-state index contributed by atoms with van der Waals surface area (Å²) in [6.45, 7) is 19.2. The summed E-state index contributed by atoms with van der Waals surface area (Å²) in [6, 6.07) is 11.2. The molecule has 1 aromatic carbocycles. The average Bonchev–Trinajstić information content (AvgIpc) is 2.28. The SMILES string of the molecule is CC(P(c1ccccc1)C(C)C(C)(C)C)C(C)(C)C. The lowest BCUT2D eigenvalue weighted by atomic mass is 9.92. The second-order valence-electron chi connectivity index (χ2n) is 7.83. The normalized spacial score (nSPS) is 17.9. The highest BCUT2D eigenvalue weighted by atomic mass is 31.1. The van der Waals surface area contributed by atoms with E-state index in [1.54, 1.807) is 5.30 Å². The van der Waals surface area contributed by atoms with Gasteiger partial charge in [-0.2, -0.15) is 0 Å². The molecule has 0 nitrogen and oxygen atoms in total. The average molecular weight is 278 g/mol. The molecule has 0 aromatic heterocycles. The number of benzene rings is 1. The molecule has 0 saturated carbocycles. The van der Waals surface area contributed by atoms with Gasteiger partial charge in [-0.15, -0.1) is 0 Å². The molecule has 1 heteroatoms. The fourth-order valence-corrected chi connectivity index (χ4v) is 5.97. The van der Waals surface area contributed by atoms with E-state index in [2.05, 4.69) is 85.7 Å². The maximum atomic E-state index is 2.45. The van der Waals surface area contributed by atoms with Gasteiger partial charge in [-0.1, -0.05) is 93.6 Å². The van der Waals surface area contributed by atoms with Crippen LogP contribution in [0.4, 0.5) is 0 Å². The molecular formula is C18H31P. The molecule has 0 aliphatic rings. The first-order valence-electron chi connectivity index (χ1n) is 7.38. The quantitative estimate of drug-likeness (QED) is 0.625. The molecule has 0 amide bonds. The van der Waals surface area contributed by atoms with Crippen molar-refractivity contribution in [2.75, 3.05) is 0 Å². The van der Waals surface area contributed by atoms with E-state index >= 15 is 0 Å². The highest BCUT2D eigenvalue weighted by Crippen LogP contribution is 2.56. The van der Waals surface area contributed by atoms with Crippen LogP contribution in [0, 0.1) is 10.8 Å². The summed E-state index contributed by atoms with van der Waals surface area (Å²) in [5.41, 5.74) is 2.17. The predicted octanol–water partition coefficient (Wildman–Crippen LogP) is 5.66. The van der Waals surface area contributed by atoms with E-state index in [0.717, 1.165) is 11.3 Å². The van der Waals surface area contributed by atoms with Gasteiger partial charge in [0, 0.05) is 0 Å². The molecule has 0 N–H and O–H groups in total. The van der Waals surface area contributed by atoms with Crippen LogP contribution in [0.25, 0.3) is 0 Å². The lowest BCUT2D eigenvalue weighted by Crippen LogP contribution is -2.34. The van der Waals surface area contributed by atoms with Crippen LogP contribution in [0.5, 0.6) is 0 Å². The van der Waals surface area contributed by atoms with Gasteiger partial charge in [0.1, 0.15) is 0 Å². The molecule has 0 spiro atoms. The minimum absolute atomic E-state index is 0.154. The summed E-state index contributed by atoms with van der Waals surface area (Å²) in [6.07, 6.45) is 0. The molecule has 1 aromatic rings. The Bertz CT molecular complexity index is 360. The summed E-state index contributed by atoms with van der Waals surface area (Å²) < 4.78 is 0. The van der Waals surface area contributed by atoms with Crippen LogP contribution in [0.15, 0.2) is 30.3 Å². The van der Waals surface area contributed by atoms with Crippen LogP contribution >= 0.6 is 7.92 Å². The highest BCUT2D eigenvalue weighted by Gasteiger charge is 2.37. The van der Waals surface area contributed by atoms with E-state index in [-0.39, 0.29) is 7.92 Å². The third-order valence-corrected chi connectivity index (χ3v) is 8.51. The van der Waals surface area contributed by atoms with Crippen molar-refractivity contribution in [2.24, 2.45) is 10.8 Å².